The summed E-state index contributed by atoms with van der Waals surface area (Å²) in [6.07, 6.45) is 0.187. The number of benzene rings is 1. The zero-order chi connectivity index (χ0) is 21.1. The van der Waals surface area contributed by atoms with Gasteiger partial charge < -0.3 is 10.2 Å². The summed E-state index contributed by atoms with van der Waals surface area (Å²) in [5.41, 5.74) is 2.16. The van der Waals surface area contributed by atoms with Crippen LogP contribution >= 0.6 is 11.8 Å². The maximum atomic E-state index is 12.9. The summed E-state index contributed by atoms with van der Waals surface area (Å²) in [7, 11) is 3.20. The van der Waals surface area contributed by atoms with E-state index in [1.165, 1.54) is 18.8 Å². The fourth-order valence-corrected chi connectivity index (χ4v) is 4.91. The minimum atomic E-state index is -0.494. The van der Waals surface area contributed by atoms with Crippen molar-refractivity contribution >= 4 is 29.6 Å². The standard InChI is InChI=1S/C20H29N5O3S/c1-5-10-21-14(26)11-29-18-15-17(24(3)20(28)25(4)19(15)27)22-16(23-18)13-9-7-6-8-12(13)2/h6-9,15-18,22-23H,5,10-11H2,1-4H3,(H,21,26). The molecule has 4 amide bonds. The number of carbonyl (C=O) groups excluding carboxylic acids is 3. The number of hydrogen-bond acceptors (Lipinski definition) is 6. The van der Waals surface area contributed by atoms with Gasteiger partial charge in [-0.05, 0) is 24.5 Å². The molecule has 0 radical (unpaired) electrons. The second-order valence-corrected chi connectivity index (χ2v) is 8.60. The van der Waals surface area contributed by atoms with Gasteiger partial charge in [0.25, 0.3) is 0 Å². The Kier molecular flexibility index (Phi) is 6.81. The lowest BCUT2D eigenvalue weighted by atomic mass is 9.95. The molecule has 4 atom stereocenters. The Bertz CT molecular complexity index is 789. The highest BCUT2D eigenvalue weighted by Crippen LogP contribution is 2.34. The molecule has 2 heterocycles. The number of thioether (sulfide) groups is 1. The molecule has 4 unspecified atom stereocenters. The number of amides is 4. The van der Waals surface area contributed by atoms with Crippen LogP contribution in [-0.2, 0) is 9.59 Å². The second kappa shape index (κ2) is 9.15. The molecule has 2 aliphatic rings. The van der Waals surface area contributed by atoms with Crippen LogP contribution < -0.4 is 16.0 Å². The average Bonchev–Trinajstić information content (AvgIpc) is 2.72. The molecule has 1 aromatic carbocycles. The van der Waals surface area contributed by atoms with Crippen LogP contribution in [0.3, 0.4) is 0 Å². The van der Waals surface area contributed by atoms with Gasteiger partial charge >= 0.3 is 6.03 Å². The number of aryl methyl sites for hydroxylation is 1. The molecule has 0 saturated carbocycles. The van der Waals surface area contributed by atoms with E-state index in [0.29, 0.717) is 6.54 Å². The van der Waals surface area contributed by atoms with Gasteiger partial charge in [0, 0.05) is 20.6 Å². The number of urea groups is 1. The van der Waals surface area contributed by atoms with Gasteiger partial charge in [-0.2, -0.15) is 0 Å². The molecule has 2 aliphatic heterocycles. The van der Waals surface area contributed by atoms with Crippen molar-refractivity contribution in [3.05, 3.63) is 35.4 Å². The maximum Gasteiger partial charge on any atom is 0.327 e. The Morgan fingerprint density at radius 3 is 2.62 bits per heavy atom. The van der Waals surface area contributed by atoms with Gasteiger partial charge in [0.2, 0.25) is 11.8 Å². The van der Waals surface area contributed by atoms with Crippen molar-refractivity contribution in [1.82, 2.24) is 25.8 Å². The van der Waals surface area contributed by atoms with Crippen LogP contribution in [-0.4, -0.2) is 65.6 Å². The van der Waals surface area contributed by atoms with Crippen molar-refractivity contribution in [3.63, 3.8) is 0 Å². The van der Waals surface area contributed by atoms with Crippen molar-refractivity contribution in [2.75, 3.05) is 26.4 Å². The van der Waals surface area contributed by atoms with E-state index in [1.54, 1.807) is 11.9 Å². The summed E-state index contributed by atoms with van der Waals surface area (Å²) in [5.74, 6) is -0.544. The fraction of sp³-hybridized carbons (Fsp3) is 0.550. The molecular weight excluding hydrogens is 390 g/mol. The lowest BCUT2D eigenvalue weighted by molar-refractivity contribution is -0.140. The van der Waals surface area contributed by atoms with E-state index in [2.05, 4.69) is 16.0 Å². The van der Waals surface area contributed by atoms with Crippen molar-refractivity contribution < 1.29 is 14.4 Å². The molecule has 1 aromatic rings. The van der Waals surface area contributed by atoms with Crippen LogP contribution in [0, 0.1) is 12.8 Å². The molecule has 158 valence electrons. The van der Waals surface area contributed by atoms with Crippen LogP contribution in [0.15, 0.2) is 24.3 Å². The molecule has 0 aliphatic carbocycles. The average molecular weight is 420 g/mol. The third kappa shape index (κ3) is 4.41. The molecule has 0 aromatic heterocycles. The highest BCUT2D eigenvalue weighted by Gasteiger charge is 2.51. The van der Waals surface area contributed by atoms with E-state index in [4.69, 9.17) is 0 Å². The molecule has 8 nitrogen and oxygen atoms in total. The highest BCUT2D eigenvalue weighted by molar-refractivity contribution is 8.00. The monoisotopic (exact) mass is 419 g/mol. The smallest absolute Gasteiger partial charge is 0.327 e. The molecule has 0 spiro atoms. The summed E-state index contributed by atoms with van der Waals surface area (Å²) in [6.45, 7) is 4.66. The van der Waals surface area contributed by atoms with E-state index in [-0.39, 0.29) is 35.1 Å². The number of carbonyl (C=O) groups is 3. The Hall–Kier alpha value is -2.10. The summed E-state index contributed by atoms with van der Waals surface area (Å²) in [4.78, 5) is 40.3. The van der Waals surface area contributed by atoms with Crippen LogP contribution in [0.5, 0.6) is 0 Å². The van der Waals surface area contributed by atoms with Crippen LogP contribution in [0.1, 0.15) is 30.6 Å². The zero-order valence-corrected chi connectivity index (χ0v) is 18.1. The molecule has 29 heavy (non-hydrogen) atoms. The van der Waals surface area contributed by atoms with Crippen LogP contribution in [0.4, 0.5) is 4.79 Å². The van der Waals surface area contributed by atoms with Crippen LogP contribution in [0.2, 0.25) is 0 Å². The molecule has 0 bridgehead atoms. The molecule has 2 fully saturated rings. The Balaban J connectivity index is 1.86. The second-order valence-electron chi connectivity index (χ2n) is 7.47. The third-order valence-corrected chi connectivity index (χ3v) is 6.64. The number of rotatable bonds is 6. The topological polar surface area (TPSA) is 93.8 Å². The summed E-state index contributed by atoms with van der Waals surface area (Å²) in [5, 5.41) is 9.47. The third-order valence-electron chi connectivity index (χ3n) is 5.42. The first-order valence-electron chi connectivity index (χ1n) is 9.85. The molecule has 2 saturated heterocycles. The van der Waals surface area contributed by atoms with Gasteiger partial charge in [0.1, 0.15) is 0 Å². The summed E-state index contributed by atoms with van der Waals surface area (Å²) >= 11 is 1.41. The number of nitrogens with zero attached hydrogens (tertiary/aromatic N) is 2. The number of nitrogens with one attached hydrogen (secondary N) is 3. The molecular formula is C20H29N5O3S. The molecule has 3 N–H and O–H groups in total. The predicted octanol–water partition coefficient (Wildman–Crippen LogP) is 1.24. The summed E-state index contributed by atoms with van der Waals surface area (Å²) < 4.78 is 0. The highest BCUT2D eigenvalue weighted by atomic mass is 32.2. The van der Waals surface area contributed by atoms with Gasteiger partial charge in [-0.15, -0.1) is 11.8 Å². The van der Waals surface area contributed by atoms with E-state index in [9.17, 15) is 14.4 Å². The van der Waals surface area contributed by atoms with Crippen molar-refractivity contribution in [2.45, 2.75) is 38.0 Å². The number of imide groups is 1. The number of fused-ring (bicyclic) bond motifs is 1. The molecule has 9 heteroatoms. The molecule has 3 rings (SSSR count). The maximum absolute atomic E-state index is 12.9. The first kappa shape index (κ1) is 21.6. The normalized spacial score (nSPS) is 27.0. The first-order chi connectivity index (χ1) is 13.8. The predicted molar refractivity (Wildman–Crippen MR) is 113 cm³/mol. The van der Waals surface area contributed by atoms with E-state index < -0.39 is 12.1 Å². The van der Waals surface area contributed by atoms with Gasteiger partial charge in [-0.25, -0.2) is 4.79 Å². The Morgan fingerprint density at radius 1 is 1.21 bits per heavy atom. The van der Waals surface area contributed by atoms with Crippen molar-refractivity contribution in [1.29, 1.82) is 0 Å². The lowest BCUT2D eigenvalue weighted by Crippen LogP contribution is -2.72. The van der Waals surface area contributed by atoms with E-state index >= 15 is 0 Å². The fourth-order valence-electron chi connectivity index (χ4n) is 3.77. The van der Waals surface area contributed by atoms with Gasteiger partial charge in [0.15, 0.2) is 0 Å². The van der Waals surface area contributed by atoms with Crippen molar-refractivity contribution in [3.8, 4) is 0 Å². The Morgan fingerprint density at radius 2 is 1.93 bits per heavy atom. The minimum absolute atomic E-state index is 0.0535. The lowest BCUT2D eigenvalue weighted by Gasteiger charge is -2.50. The minimum Gasteiger partial charge on any atom is -0.355 e. The van der Waals surface area contributed by atoms with Gasteiger partial charge in [-0.3, -0.25) is 25.1 Å². The SMILES string of the molecule is CCCNC(=O)CSC1NC(c2ccccc2C)NC2C1C(=O)N(C)C(=O)N2C. The Labute approximate surface area is 175 Å². The van der Waals surface area contributed by atoms with Gasteiger partial charge in [-0.1, -0.05) is 31.2 Å². The largest absolute Gasteiger partial charge is 0.355 e. The van der Waals surface area contributed by atoms with E-state index in [1.807, 2.05) is 38.1 Å². The van der Waals surface area contributed by atoms with Gasteiger partial charge in [0.05, 0.1) is 29.4 Å². The quantitative estimate of drug-likeness (QED) is 0.642. The van der Waals surface area contributed by atoms with Crippen LogP contribution in [0.25, 0.3) is 0 Å². The first-order valence-corrected chi connectivity index (χ1v) is 10.9. The van der Waals surface area contributed by atoms with Crippen molar-refractivity contribution in [2.24, 2.45) is 5.92 Å². The number of hydrogen-bond donors (Lipinski definition) is 3. The summed E-state index contributed by atoms with van der Waals surface area (Å²) in [6, 6.07) is 7.66. The zero-order valence-electron chi connectivity index (χ0n) is 17.3. The van der Waals surface area contributed by atoms with E-state index in [0.717, 1.165) is 22.4 Å².